The Morgan fingerprint density at radius 3 is 3.04 bits per heavy atom. The molecule has 1 saturated heterocycles. The number of ether oxygens (including phenoxy) is 2. The number of guanidine groups is 1. The maximum atomic E-state index is 5.65. The predicted molar refractivity (Wildman–Crippen MR) is 112 cm³/mol. The molecule has 25 heavy (non-hydrogen) atoms. The van der Waals surface area contributed by atoms with Crippen LogP contribution in [0.25, 0.3) is 0 Å². The molecular weight excluding hydrogens is 431 g/mol. The summed E-state index contributed by atoms with van der Waals surface area (Å²) in [6.07, 6.45) is 6.22. The molecule has 7 heteroatoms. The third-order valence-corrected chi connectivity index (χ3v) is 3.79. The number of aliphatic imine (C=N–C) groups is 1. The van der Waals surface area contributed by atoms with Crippen LogP contribution in [-0.2, 0) is 15.9 Å². The van der Waals surface area contributed by atoms with Crippen LogP contribution in [0, 0.1) is 0 Å². The number of hydrogen-bond donors (Lipinski definition) is 2. The number of pyridine rings is 1. The topological polar surface area (TPSA) is 67.8 Å². The number of nitrogens with one attached hydrogen (secondary N) is 2. The lowest BCUT2D eigenvalue weighted by atomic mass is 10.2. The van der Waals surface area contributed by atoms with Crippen LogP contribution in [0.1, 0.15) is 31.9 Å². The zero-order valence-corrected chi connectivity index (χ0v) is 17.4. The SMILES string of the molecule is CCNC(=NCCCOCC1CCCO1)NCCc1ccccn1.I. The second-order valence-electron chi connectivity index (χ2n) is 5.82. The number of nitrogens with zero attached hydrogens (tertiary/aromatic N) is 2. The fourth-order valence-electron chi connectivity index (χ4n) is 2.54. The van der Waals surface area contributed by atoms with E-state index in [4.69, 9.17) is 9.47 Å². The van der Waals surface area contributed by atoms with Gasteiger partial charge in [-0.2, -0.15) is 0 Å². The highest BCUT2D eigenvalue weighted by Crippen LogP contribution is 2.11. The fourth-order valence-corrected chi connectivity index (χ4v) is 2.54. The minimum absolute atomic E-state index is 0. The van der Waals surface area contributed by atoms with E-state index in [0.717, 1.165) is 70.2 Å². The van der Waals surface area contributed by atoms with Gasteiger partial charge < -0.3 is 20.1 Å². The fraction of sp³-hybridized carbons (Fsp3) is 0.667. The van der Waals surface area contributed by atoms with E-state index in [2.05, 4.69) is 27.5 Å². The molecule has 2 heterocycles. The van der Waals surface area contributed by atoms with Crippen molar-refractivity contribution in [1.82, 2.24) is 15.6 Å². The second kappa shape index (κ2) is 14.3. The molecule has 0 bridgehead atoms. The molecule has 0 aliphatic carbocycles. The van der Waals surface area contributed by atoms with Gasteiger partial charge in [0.15, 0.2) is 5.96 Å². The van der Waals surface area contributed by atoms with Crippen molar-refractivity contribution in [2.75, 3.05) is 39.5 Å². The van der Waals surface area contributed by atoms with E-state index in [1.165, 1.54) is 0 Å². The molecule has 0 spiro atoms. The molecule has 1 aliphatic rings. The first kappa shape index (κ1) is 22.1. The van der Waals surface area contributed by atoms with Crippen LogP contribution in [0.3, 0.4) is 0 Å². The van der Waals surface area contributed by atoms with Crippen LogP contribution in [0.5, 0.6) is 0 Å². The highest BCUT2D eigenvalue weighted by atomic mass is 127. The monoisotopic (exact) mass is 462 g/mol. The predicted octanol–water partition coefficient (Wildman–Crippen LogP) is 2.38. The van der Waals surface area contributed by atoms with E-state index >= 15 is 0 Å². The van der Waals surface area contributed by atoms with E-state index < -0.39 is 0 Å². The summed E-state index contributed by atoms with van der Waals surface area (Å²) in [5.41, 5.74) is 1.09. The van der Waals surface area contributed by atoms with Gasteiger partial charge in [-0.3, -0.25) is 9.98 Å². The number of hydrogen-bond acceptors (Lipinski definition) is 4. The zero-order chi connectivity index (χ0) is 16.9. The summed E-state index contributed by atoms with van der Waals surface area (Å²) < 4.78 is 11.2. The normalized spacial score (nSPS) is 17.2. The highest BCUT2D eigenvalue weighted by molar-refractivity contribution is 14.0. The van der Waals surface area contributed by atoms with E-state index in [1.54, 1.807) is 0 Å². The van der Waals surface area contributed by atoms with Crippen molar-refractivity contribution in [1.29, 1.82) is 0 Å². The smallest absolute Gasteiger partial charge is 0.191 e. The Balaban J connectivity index is 0.00000312. The summed E-state index contributed by atoms with van der Waals surface area (Å²) in [7, 11) is 0. The summed E-state index contributed by atoms with van der Waals surface area (Å²) >= 11 is 0. The molecule has 0 aromatic carbocycles. The summed E-state index contributed by atoms with van der Waals surface area (Å²) in [6, 6.07) is 5.98. The summed E-state index contributed by atoms with van der Waals surface area (Å²) in [4.78, 5) is 8.90. The van der Waals surface area contributed by atoms with Crippen LogP contribution in [-0.4, -0.2) is 56.5 Å². The zero-order valence-electron chi connectivity index (χ0n) is 15.1. The summed E-state index contributed by atoms with van der Waals surface area (Å²) in [6.45, 7) is 6.83. The molecule has 6 nitrogen and oxygen atoms in total. The Labute approximate surface area is 168 Å². The van der Waals surface area contributed by atoms with Crippen molar-refractivity contribution in [3.63, 3.8) is 0 Å². The summed E-state index contributed by atoms with van der Waals surface area (Å²) in [5.74, 6) is 0.854. The lowest BCUT2D eigenvalue weighted by Crippen LogP contribution is -2.38. The largest absolute Gasteiger partial charge is 0.379 e. The van der Waals surface area contributed by atoms with Gasteiger partial charge in [-0.05, 0) is 38.3 Å². The molecule has 1 fully saturated rings. The average molecular weight is 462 g/mol. The Kier molecular flexibility index (Phi) is 12.6. The van der Waals surface area contributed by atoms with Crippen LogP contribution < -0.4 is 10.6 Å². The number of rotatable bonds is 10. The quantitative estimate of drug-likeness (QED) is 0.242. The first-order valence-corrected chi connectivity index (χ1v) is 9.00. The minimum atomic E-state index is 0. The lowest BCUT2D eigenvalue weighted by Gasteiger charge is -2.11. The van der Waals surface area contributed by atoms with Gasteiger partial charge in [0.2, 0.25) is 0 Å². The lowest BCUT2D eigenvalue weighted by molar-refractivity contribution is 0.0171. The molecule has 142 valence electrons. The van der Waals surface area contributed by atoms with E-state index in [-0.39, 0.29) is 24.0 Å². The third kappa shape index (κ3) is 9.96. The molecule has 1 unspecified atom stereocenters. The van der Waals surface area contributed by atoms with Crippen LogP contribution in [0.2, 0.25) is 0 Å². The third-order valence-electron chi connectivity index (χ3n) is 3.79. The standard InChI is InChI=1S/C18H30N4O2.HI/c1-2-19-18(22-12-9-16-7-3-4-10-20-16)21-11-6-13-23-15-17-8-5-14-24-17;/h3-4,7,10,17H,2,5-6,8-9,11-15H2,1H3,(H2,19,21,22);1H. The Morgan fingerprint density at radius 1 is 1.40 bits per heavy atom. The molecule has 0 amide bonds. The first-order chi connectivity index (χ1) is 11.9. The van der Waals surface area contributed by atoms with Gasteiger partial charge in [0.1, 0.15) is 0 Å². The molecule has 1 atom stereocenters. The van der Waals surface area contributed by atoms with Gasteiger partial charge in [0.05, 0.1) is 12.7 Å². The van der Waals surface area contributed by atoms with Crippen LogP contribution in [0.15, 0.2) is 29.4 Å². The van der Waals surface area contributed by atoms with E-state index in [1.807, 2.05) is 24.4 Å². The number of aromatic nitrogens is 1. The van der Waals surface area contributed by atoms with Crippen molar-refractivity contribution in [2.24, 2.45) is 4.99 Å². The van der Waals surface area contributed by atoms with Gasteiger partial charge in [-0.25, -0.2) is 0 Å². The first-order valence-electron chi connectivity index (χ1n) is 9.00. The molecular formula is C18H31IN4O2. The van der Waals surface area contributed by atoms with Crippen LogP contribution in [0.4, 0.5) is 0 Å². The maximum Gasteiger partial charge on any atom is 0.191 e. The van der Waals surface area contributed by atoms with Gasteiger partial charge in [0.25, 0.3) is 0 Å². The van der Waals surface area contributed by atoms with Crippen LogP contribution >= 0.6 is 24.0 Å². The molecule has 2 rings (SSSR count). The second-order valence-corrected chi connectivity index (χ2v) is 5.82. The Hall–Kier alpha value is -0.930. The molecule has 0 saturated carbocycles. The van der Waals surface area contributed by atoms with Gasteiger partial charge in [0, 0.05) is 51.2 Å². The van der Waals surface area contributed by atoms with Gasteiger partial charge in [-0.1, -0.05) is 6.07 Å². The van der Waals surface area contributed by atoms with E-state index in [9.17, 15) is 0 Å². The molecule has 2 N–H and O–H groups in total. The molecule has 0 radical (unpaired) electrons. The number of halogens is 1. The average Bonchev–Trinajstić information content (AvgIpc) is 3.12. The Bertz CT molecular complexity index is 467. The summed E-state index contributed by atoms with van der Waals surface area (Å²) in [5, 5.41) is 6.61. The van der Waals surface area contributed by atoms with Crippen molar-refractivity contribution < 1.29 is 9.47 Å². The van der Waals surface area contributed by atoms with Gasteiger partial charge >= 0.3 is 0 Å². The van der Waals surface area contributed by atoms with Crippen molar-refractivity contribution >= 4 is 29.9 Å². The van der Waals surface area contributed by atoms with Crippen molar-refractivity contribution in [3.05, 3.63) is 30.1 Å². The molecule has 1 aliphatic heterocycles. The van der Waals surface area contributed by atoms with Crippen molar-refractivity contribution in [3.8, 4) is 0 Å². The van der Waals surface area contributed by atoms with Crippen molar-refractivity contribution in [2.45, 2.75) is 38.7 Å². The minimum Gasteiger partial charge on any atom is -0.379 e. The maximum absolute atomic E-state index is 5.65. The highest BCUT2D eigenvalue weighted by Gasteiger charge is 2.14. The van der Waals surface area contributed by atoms with E-state index in [0.29, 0.717) is 12.7 Å². The molecule has 1 aromatic rings. The Morgan fingerprint density at radius 2 is 2.32 bits per heavy atom. The molecule has 1 aromatic heterocycles. The van der Waals surface area contributed by atoms with Gasteiger partial charge in [-0.15, -0.1) is 24.0 Å².